The Morgan fingerprint density at radius 3 is 2.57 bits per heavy atom. The van der Waals surface area contributed by atoms with E-state index in [-0.39, 0.29) is 23.3 Å². The fraction of sp³-hybridized carbons (Fsp3) is 0.522. The van der Waals surface area contributed by atoms with E-state index in [4.69, 9.17) is 9.47 Å². The molecule has 2 rings (SSSR count). The third kappa shape index (κ3) is 5.61. The van der Waals surface area contributed by atoms with Crippen LogP contribution in [0.15, 0.2) is 41.5 Å². The molecule has 0 heterocycles. The van der Waals surface area contributed by atoms with E-state index in [0.29, 0.717) is 12.0 Å². The Balaban J connectivity index is 2.33. The summed E-state index contributed by atoms with van der Waals surface area (Å²) in [5.41, 5.74) is 2.59. The van der Waals surface area contributed by atoms with Crippen molar-refractivity contribution in [3.05, 3.63) is 47.1 Å². The maximum atomic E-state index is 12.8. The van der Waals surface area contributed by atoms with E-state index in [9.17, 15) is 15.0 Å². The van der Waals surface area contributed by atoms with Gasteiger partial charge >= 0.3 is 5.97 Å². The predicted octanol–water partition coefficient (Wildman–Crippen LogP) is 4.64. The molecule has 2 N–H and O–H groups in total. The molecule has 154 valence electrons. The summed E-state index contributed by atoms with van der Waals surface area (Å²) in [4.78, 5) is 12.8. The first-order chi connectivity index (χ1) is 13.2. The molecule has 1 aromatic rings. The molecule has 1 aliphatic carbocycles. The molecule has 0 radical (unpaired) electrons. The number of esters is 1. The Hall–Kier alpha value is -2.27. The van der Waals surface area contributed by atoms with Crippen LogP contribution in [0, 0.1) is 11.8 Å². The van der Waals surface area contributed by atoms with Crippen LogP contribution in [0.3, 0.4) is 0 Å². The minimum absolute atomic E-state index is 0.0346. The highest BCUT2D eigenvalue weighted by atomic mass is 16.5. The maximum Gasteiger partial charge on any atom is 0.338 e. The van der Waals surface area contributed by atoms with Gasteiger partial charge in [0.2, 0.25) is 0 Å². The number of methoxy groups -OCH3 is 1. The average Bonchev–Trinajstić information content (AvgIpc) is 2.61. The molecule has 0 bridgehead atoms. The Morgan fingerprint density at radius 2 is 1.93 bits per heavy atom. The van der Waals surface area contributed by atoms with E-state index in [0.717, 1.165) is 24.0 Å². The maximum absolute atomic E-state index is 12.8. The van der Waals surface area contributed by atoms with Crippen LogP contribution in [0.5, 0.6) is 11.5 Å². The average molecular weight is 389 g/mol. The first-order valence-electron chi connectivity index (χ1n) is 9.82. The van der Waals surface area contributed by atoms with Crippen LogP contribution in [0.4, 0.5) is 0 Å². The van der Waals surface area contributed by atoms with Crippen LogP contribution in [0.2, 0.25) is 0 Å². The second-order valence-electron chi connectivity index (χ2n) is 7.95. The molecule has 3 atom stereocenters. The van der Waals surface area contributed by atoms with Gasteiger partial charge in [-0.15, -0.1) is 0 Å². The van der Waals surface area contributed by atoms with Gasteiger partial charge in [0.05, 0.1) is 18.8 Å². The van der Waals surface area contributed by atoms with Crippen molar-refractivity contribution >= 4 is 5.97 Å². The quantitative estimate of drug-likeness (QED) is 0.581. The number of benzene rings is 1. The Bertz CT molecular complexity index is 747. The molecule has 0 aliphatic heterocycles. The van der Waals surface area contributed by atoms with Crippen molar-refractivity contribution in [3.63, 3.8) is 0 Å². The zero-order valence-electron chi connectivity index (χ0n) is 17.4. The second kappa shape index (κ2) is 9.78. The molecule has 1 aromatic carbocycles. The lowest BCUT2D eigenvalue weighted by Gasteiger charge is -2.33. The van der Waals surface area contributed by atoms with Gasteiger partial charge in [0.1, 0.15) is 6.10 Å². The Labute approximate surface area is 167 Å². The van der Waals surface area contributed by atoms with Gasteiger partial charge in [-0.3, -0.25) is 0 Å². The van der Waals surface area contributed by atoms with Gasteiger partial charge < -0.3 is 19.7 Å². The normalized spacial score (nSPS) is 27.3. The molecule has 5 heteroatoms. The lowest BCUT2D eigenvalue weighted by molar-refractivity contribution is -0.0217. The number of aromatic hydroxyl groups is 1. The van der Waals surface area contributed by atoms with Crippen LogP contribution in [0.1, 0.15) is 57.3 Å². The summed E-state index contributed by atoms with van der Waals surface area (Å²) in [6.45, 7) is 8.13. The van der Waals surface area contributed by atoms with Gasteiger partial charge in [-0.05, 0) is 50.8 Å². The molecule has 1 aliphatic rings. The zero-order valence-corrected chi connectivity index (χ0v) is 17.4. The minimum Gasteiger partial charge on any atom is -0.504 e. The van der Waals surface area contributed by atoms with Gasteiger partial charge in [-0.2, -0.15) is 0 Å². The van der Waals surface area contributed by atoms with Crippen molar-refractivity contribution in [1.29, 1.82) is 0 Å². The summed E-state index contributed by atoms with van der Waals surface area (Å²) in [6, 6.07) is 4.38. The van der Waals surface area contributed by atoms with Gasteiger partial charge in [-0.1, -0.05) is 37.1 Å². The van der Waals surface area contributed by atoms with E-state index in [1.54, 1.807) is 0 Å². The number of rotatable bonds is 4. The van der Waals surface area contributed by atoms with E-state index < -0.39 is 18.2 Å². The highest BCUT2D eigenvalue weighted by molar-refractivity contribution is 5.90. The number of phenols is 1. The summed E-state index contributed by atoms with van der Waals surface area (Å²) >= 11 is 0. The Kier molecular flexibility index (Phi) is 7.69. The van der Waals surface area contributed by atoms with Gasteiger partial charge in [0.25, 0.3) is 0 Å². The first-order valence-corrected chi connectivity index (χ1v) is 9.82. The number of allylic oxidation sites excluding steroid dienone is 2. The second-order valence-corrected chi connectivity index (χ2v) is 7.95. The third-order valence-electron chi connectivity index (χ3n) is 5.28. The molecule has 0 amide bonds. The number of hydrogen-bond acceptors (Lipinski definition) is 5. The highest BCUT2D eigenvalue weighted by Crippen LogP contribution is 2.31. The molecule has 0 unspecified atom stereocenters. The largest absolute Gasteiger partial charge is 0.504 e. The number of carbonyl (C=O) groups excluding carboxylic acids is 1. The molecule has 0 saturated carbocycles. The van der Waals surface area contributed by atoms with E-state index in [1.807, 2.05) is 33.8 Å². The first kappa shape index (κ1) is 22.0. The highest BCUT2D eigenvalue weighted by Gasteiger charge is 2.33. The summed E-state index contributed by atoms with van der Waals surface area (Å²) in [6.07, 6.45) is 5.33. The standard InChI is InChI=1S/C23H32O5/c1-14(2)22-19(25)11-15(3)7-6-8-16(4)12-21(22)28-23(26)17-9-10-18(24)20(13-17)27-5/h8-11,13-14,19,21-22,24-25H,6-7,12H2,1-5H3/b15-11+,16-8+/t19-,21+,22-/m0/s1. The van der Waals surface area contributed by atoms with Crippen LogP contribution < -0.4 is 4.74 Å². The molecule has 5 nitrogen and oxygen atoms in total. The monoisotopic (exact) mass is 388 g/mol. The van der Waals surface area contributed by atoms with Crippen LogP contribution in [-0.2, 0) is 4.74 Å². The molecule has 28 heavy (non-hydrogen) atoms. The lowest BCUT2D eigenvalue weighted by Crippen LogP contribution is -2.38. The van der Waals surface area contributed by atoms with E-state index >= 15 is 0 Å². The SMILES string of the molecule is COc1cc(C(=O)O[C@@H]2C/C(C)=C/CC/C(C)=C/[C@H](O)[C@@H]2C(C)C)ccc1O. The zero-order chi connectivity index (χ0) is 20.8. The van der Waals surface area contributed by atoms with Crippen molar-refractivity contribution in [2.45, 2.75) is 59.2 Å². The van der Waals surface area contributed by atoms with Crippen LogP contribution >= 0.6 is 0 Å². The molecule has 0 aromatic heterocycles. The van der Waals surface area contributed by atoms with Crippen LogP contribution in [-0.4, -0.2) is 35.5 Å². The molecule has 0 saturated heterocycles. The lowest BCUT2D eigenvalue weighted by atomic mass is 9.81. The fourth-order valence-corrected chi connectivity index (χ4v) is 3.74. The topological polar surface area (TPSA) is 76.0 Å². The summed E-state index contributed by atoms with van der Waals surface area (Å²) in [7, 11) is 1.43. The minimum atomic E-state index is -0.682. The van der Waals surface area contributed by atoms with Crippen molar-refractivity contribution in [2.24, 2.45) is 11.8 Å². The van der Waals surface area contributed by atoms with E-state index in [2.05, 4.69) is 6.08 Å². The fourth-order valence-electron chi connectivity index (χ4n) is 3.74. The van der Waals surface area contributed by atoms with Gasteiger partial charge in [0.15, 0.2) is 11.5 Å². The summed E-state index contributed by atoms with van der Waals surface area (Å²) in [5.74, 6) is -0.410. The van der Waals surface area contributed by atoms with Gasteiger partial charge in [0, 0.05) is 12.3 Å². The molecular formula is C23H32O5. The number of carbonyl (C=O) groups is 1. The molecule has 0 fully saturated rings. The number of aliphatic hydroxyl groups is 1. The number of hydrogen-bond donors (Lipinski definition) is 2. The van der Waals surface area contributed by atoms with Gasteiger partial charge in [-0.25, -0.2) is 4.79 Å². The molecule has 0 spiro atoms. The van der Waals surface area contributed by atoms with Crippen molar-refractivity contribution in [3.8, 4) is 11.5 Å². The summed E-state index contributed by atoms with van der Waals surface area (Å²) in [5, 5.41) is 20.6. The number of aliphatic hydroxyl groups excluding tert-OH is 1. The third-order valence-corrected chi connectivity index (χ3v) is 5.28. The molecular weight excluding hydrogens is 356 g/mol. The van der Waals surface area contributed by atoms with E-state index in [1.165, 1.54) is 25.3 Å². The van der Waals surface area contributed by atoms with Crippen molar-refractivity contribution < 1.29 is 24.5 Å². The van der Waals surface area contributed by atoms with Crippen molar-refractivity contribution in [1.82, 2.24) is 0 Å². The smallest absolute Gasteiger partial charge is 0.338 e. The summed E-state index contributed by atoms with van der Waals surface area (Å²) < 4.78 is 11.0. The number of phenolic OH excluding ortho intramolecular Hbond substituents is 1. The predicted molar refractivity (Wildman–Crippen MR) is 110 cm³/mol. The van der Waals surface area contributed by atoms with Crippen LogP contribution in [0.25, 0.3) is 0 Å². The Morgan fingerprint density at radius 1 is 1.21 bits per heavy atom. The van der Waals surface area contributed by atoms with Crippen molar-refractivity contribution in [2.75, 3.05) is 7.11 Å². The number of ether oxygens (including phenoxy) is 2.